The van der Waals surface area contributed by atoms with Crippen LogP contribution in [0.1, 0.15) is 13.3 Å². The average Bonchev–Trinajstić information content (AvgIpc) is 2.80. The highest BCUT2D eigenvalue weighted by Gasteiger charge is 2.27. The number of phenolic OH excluding ortho intramolecular Hbond substituents is 1. The molecule has 0 unspecified atom stereocenters. The van der Waals surface area contributed by atoms with Gasteiger partial charge in [0.15, 0.2) is 5.82 Å². The number of carbonyl (C=O) groups is 1. The van der Waals surface area contributed by atoms with Gasteiger partial charge < -0.3 is 20.2 Å². The van der Waals surface area contributed by atoms with Gasteiger partial charge >= 0.3 is 0 Å². The molecule has 10 heteroatoms. The van der Waals surface area contributed by atoms with Crippen molar-refractivity contribution < 1.29 is 18.7 Å². The molecule has 1 saturated heterocycles. The third-order valence-electron chi connectivity index (χ3n) is 5.56. The molecule has 0 aliphatic carbocycles. The molecular weight excluding hydrogens is 440 g/mol. The van der Waals surface area contributed by atoms with Crippen LogP contribution in [0.5, 0.6) is 5.75 Å². The number of anilines is 2. The molecule has 3 aromatic rings. The predicted molar refractivity (Wildman–Crippen MR) is 120 cm³/mol. The van der Waals surface area contributed by atoms with E-state index in [9.17, 15) is 14.3 Å². The highest BCUT2D eigenvalue weighted by molar-refractivity contribution is 6.34. The van der Waals surface area contributed by atoms with E-state index in [1.807, 2.05) is 11.8 Å². The Morgan fingerprint density at radius 3 is 2.53 bits per heavy atom. The maximum atomic E-state index is 15.7. The summed E-state index contributed by atoms with van der Waals surface area (Å²) in [5.41, 5.74) is -0.636. The maximum Gasteiger partial charge on any atom is 0.225 e. The van der Waals surface area contributed by atoms with Crippen LogP contribution in [0.3, 0.4) is 0 Å². The van der Waals surface area contributed by atoms with Gasteiger partial charge in [0.05, 0.1) is 10.6 Å². The van der Waals surface area contributed by atoms with E-state index in [0.29, 0.717) is 43.8 Å². The number of piperazine rings is 1. The monoisotopic (exact) mass is 461 g/mol. The number of carbonyl (C=O) groups excluding carboxylic acids is 1. The Labute approximate surface area is 188 Å². The largest absolute Gasteiger partial charge is 0.507 e. The summed E-state index contributed by atoms with van der Waals surface area (Å²) >= 11 is 6.39. The molecule has 0 atom stereocenters. The first-order valence-corrected chi connectivity index (χ1v) is 10.6. The molecule has 2 heterocycles. The van der Waals surface area contributed by atoms with E-state index in [1.54, 1.807) is 11.9 Å². The third kappa shape index (κ3) is 3.77. The van der Waals surface area contributed by atoms with Crippen molar-refractivity contribution in [2.24, 2.45) is 0 Å². The minimum Gasteiger partial charge on any atom is -0.507 e. The fourth-order valence-corrected chi connectivity index (χ4v) is 4.20. The first-order valence-electron chi connectivity index (χ1n) is 10.2. The van der Waals surface area contributed by atoms with Gasteiger partial charge in [-0.2, -0.15) is 4.98 Å². The van der Waals surface area contributed by atoms with Gasteiger partial charge in [0.2, 0.25) is 11.9 Å². The van der Waals surface area contributed by atoms with E-state index in [1.165, 1.54) is 18.2 Å². The van der Waals surface area contributed by atoms with Crippen LogP contribution < -0.4 is 10.2 Å². The van der Waals surface area contributed by atoms with Crippen LogP contribution >= 0.6 is 11.6 Å². The number of fused-ring (bicyclic) bond motifs is 1. The number of nitrogens with one attached hydrogen (secondary N) is 1. The topological polar surface area (TPSA) is 81.6 Å². The molecule has 1 aliphatic heterocycles. The van der Waals surface area contributed by atoms with E-state index in [0.717, 1.165) is 6.07 Å². The fraction of sp³-hybridized carbons (Fsp3) is 0.318. The summed E-state index contributed by atoms with van der Waals surface area (Å²) in [5.74, 6) is -1.35. The number of hydrogen-bond acceptors (Lipinski definition) is 6. The van der Waals surface area contributed by atoms with Crippen LogP contribution in [0.4, 0.5) is 20.5 Å². The summed E-state index contributed by atoms with van der Waals surface area (Å²) < 4.78 is 30.2. The fourth-order valence-electron chi connectivity index (χ4n) is 3.91. The van der Waals surface area contributed by atoms with Crippen LogP contribution in [0.25, 0.3) is 22.0 Å². The Hall–Kier alpha value is -3.20. The van der Waals surface area contributed by atoms with Crippen LogP contribution in [0.15, 0.2) is 24.3 Å². The molecule has 1 fully saturated rings. The lowest BCUT2D eigenvalue weighted by molar-refractivity contribution is -0.131. The summed E-state index contributed by atoms with van der Waals surface area (Å²) in [6.07, 6.45) is 0.437. The van der Waals surface area contributed by atoms with Gasteiger partial charge in [0.1, 0.15) is 22.9 Å². The molecule has 0 bridgehead atoms. The number of benzene rings is 2. The molecule has 0 saturated carbocycles. The number of rotatable bonds is 4. The van der Waals surface area contributed by atoms with E-state index in [2.05, 4.69) is 15.3 Å². The standard InChI is InChI=1S/C22H22ClF2N5O2/c1-3-16(32)29-7-9-30(10-8-29)21-12-11-13(23)17(18-14(24)5-4-6-15(18)31)19(25)20(12)27-22(26-2)28-21/h4-6,11,31H,3,7-10H2,1-2H3,(H,26,27,28). The normalized spacial score (nSPS) is 14.2. The van der Waals surface area contributed by atoms with E-state index < -0.39 is 17.4 Å². The van der Waals surface area contributed by atoms with Crippen molar-refractivity contribution in [2.45, 2.75) is 13.3 Å². The minimum absolute atomic E-state index is 0.0477. The van der Waals surface area contributed by atoms with Crippen molar-refractivity contribution in [3.8, 4) is 16.9 Å². The van der Waals surface area contributed by atoms with Crippen molar-refractivity contribution >= 4 is 40.2 Å². The summed E-state index contributed by atoms with van der Waals surface area (Å²) in [4.78, 5) is 24.5. The number of aromatic hydroxyl groups is 1. The summed E-state index contributed by atoms with van der Waals surface area (Å²) in [5, 5.41) is 13.3. The molecule has 1 aliphatic rings. The van der Waals surface area contributed by atoms with E-state index in [-0.39, 0.29) is 33.5 Å². The van der Waals surface area contributed by atoms with Crippen molar-refractivity contribution in [2.75, 3.05) is 43.4 Å². The van der Waals surface area contributed by atoms with Crippen LogP contribution in [0, 0.1) is 11.6 Å². The van der Waals surface area contributed by atoms with Crippen molar-refractivity contribution in [1.82, 2.24) is 14.9 Å². The number of amides is 1. The molecule has 0 spiro atoms. The zero-order chi connectivity index (χ0) is 23.0. The van der Waals surface area contributed by atoms with E-state index >= 15 is 4.39 Å². The Kier molecular flexibility index (Phi) is 6.01. The quantitative estimate of drug-likeness (QED) is 0.610. The maximum absolute atomic E-state index is 15.7. The predicted octanol–water partition coefficient (Wildman–Crippen LogP) is 4.03. The SMILES string of the molecule is CCC(=O)N1CCN(c2nc(NC)nc3c(F)c(-c4c(O)cccc4F)c(Cl)cc23)CC1. The molecular formula is C22H22ClF2N5O2. The van der Waals surface area contributed by atoms with Crippen LogP contribution in [-0.2, 0) is 4.79 Å². The number of halogens is 3. The zero-order valence-corrected chi connectivity index (χ0v) is 18.4. The Morgan fingerprint density at radius 1 is 1.19 bits per heavy atom. The molecule has 2 aromatic carbocycles. The summed E-state index contributed by atoms with van der Waals surface area (Å²) in [6.45, 7) is 3.88. The lowest BCUT2D eigenvalue weighted by Crippen LogP contribution is -2.49. The third-order valence-corrected chi connectivity index (χ3v) is 5.86. The van der Waals surface area contributed by atoms with Crippen molar-refractivity contribution in [3.63, 3.8) is 0 Å². The molecule has 0 radical (unpaired) electrons. The number of hydrogen-bond donors (Lipinski definition) is 2. The van der Waals surface area contributed by atoms with Crippen LogP contribution in [-0.4, -0.2) is 59.1 Å². The number of aromatic nitrogens is 2. The van der Waals surface area contributed by atoms with Gasteiger partial charge in [0, 0.05) is 50.6 Å². The summed E-state index contributed by atoms with van der Waals surface area (Å²) in [7, 11) is 1.61. The zero-order valence-electron chi connectivity index (χ0n) is 17.6. The van der Waals surface area contributed by atoms with Crippen LogP contribution in [0.2, 0.25) is 5.02 Å². The highest BCUT2D eigenvalue weighted by Crippen LogP contribution is 2.42. The lowest BCUT2D eigenvalue weighted by Gasteiger charge is -2.36. The van der Waals surface area contributed by atoms with Gasteiger partial charge in [-0.1, -0.05) is 24.6 Å². The van der Waals surface area contributed by atoms with Gasteiger partial charge in [-0.15, -0.1) is 0 Å². The summed E-state index contributed by atoms with van der Waals surface area (Å²) in [6, 6.07) is 5.19. The highest BCUT2D eigenvalue weighted by atomic mass is 35.5. The van der Waals surface area contributed by atoms with E-state index in [4.69, 9.17) is 11.6 Å². The average molecular weight is 462 g/mol. The number of phenols is 1. The molecule has 1 amide bonds. The molecule has 1 aromatic heterocycles. The first kappa shape index (κ1) is 22.0. The Morgan fingerprint density at radius 2 is 1.91 bits per heavy atom. The molecule has 2 N–H and O–H groups in total. The molecule has 32 heavy (non-hydrogen) atoms. The van der Waals surface area contributed by atoms with Crippen molar-refractivity contribution in [1.29, 1.82) is 0 Å². The minimum atomic E-state index is -0.854. The Balaban J connectivity index is 1.85. The Bertz CT molecular complexity index is 1180. The molecule has 4 rings (SSSR count). The lowest BCUT2D eigenvalue weighted by atomic mass is 10.0. The van der Waals surface area contributed by atoms with Gasteiger partial charge in [-0.3, -0.25) is 4.79 Å². The first-order chi connectivity index (χ1) is 15.3. The molecule has 7 nitrogen and oxygen atoms in total. The number of nitrogens with zero attached hydrogens (tertiary/aromatic N) is 4. The second-order valence-corrected chi connectivity index (χ2v) is 7.83. The van der Waals surface area contributed by atoms with Gasteiger partial charge in [-0.05, 0) is 18.2 Å². The smallest absolute Gasteiger partial charge is 0.225 e. The van der Waals surface area contributed by atoms with Crippen molar-refractivity contribution in [3.05, 3.63) is 40.9 Å². The van der Waals surface area contributed by atoms with Gasteiger partial charge in [0.25, 0.3) is 0 Å². The molecule has 168 valence electrons. The second-order valence-electron chi connectivity index (χ2n) is 7.42. The van der Waals surface area contributed by atoms with Gasteiger partial charge in [-0.25, -0.2) is 13.8 Å². The second kappa shape index (κ2) is 8.74.